The van der Waals surface area contributed by atoms with Crippen LogP contribution in [0.15, 0.2) is 58.3 Å². The molecular formula is C20H19ClN4O2. The summed E-state index contributed by atoms with van der Waals surface area (Å²) >= 11 is 6.07. The third-order valence-corrected chi connectivity index (χ3v) is 5.06. The van der Waals surface area contributed by atoms with E-state index in [1.54, 1.807) is 6.20 Å². The van der Waals surface area contributed by atoms with Crippen molar-refractivity contribution in [1.82, 2.24) is 4.98 Å². The van der Waals surface area contributed by atoms with Gasteiger partial charge in [-0.15, -0.1) is 0 Å². The largest absolute Gasteiger partial charge is 0.374 e. The number of hydrogen-bond donors (Lipinski definition) is 1. The maximum atomic E-state index is 12.1. The molecule has 4 rings (SSSR count). The van der Waals surface area contributed by atoms with Crippen LogP contribution in [-0.2, 0) is 6.54 Å². The molecule has 6 nitrogen and oxygen atoms in total. The summed E-state index contributed by atoms with van der Waals surface area (Å²) in [5.74, 6) is 0. The highest BCUT2D eigenvalue weighted by Crippen LogP contribution is 2.25. The SMILES string of the molecule is O=c1c(NCc2ccccn2)c(N2CCN(c3cccc(Cl)c3)CC2)c1=O. The quantitative estimate of drug-likeness (QED) is 0.683. The number of hydrogen-bond acceptors (Lipinski definition) is 6. The van der Waals surface area contributed by atoms with E-state index in [1.165, 1.54) is 0 Å². The Morgan fingerprint density at radius 3 is 2.44 bits per heavy atom. The summed E-state index contributed by atoms with van der Waals surface area (Å²) in [6.07, 6.45) is 1.70. The van der Waals surface area contributed by atoms with Crippen LogP contribution >= 0.6 is 11.6 Å². The fraction of sp³-hybridized carbons (Fsp3) is 0.250. The Morgan fingerprint density at radius 1 is 0.963 bits per heavy atom. The standard InChI is InChI=1S/C20H19ClN4O2/c21-14-4-3-6-16(12-14)24-8-10-25(11-9-24)18-17(19(26)20(18)27)23-13-15-5-1-2-7-22-15/h1-7,12,23H,8-11,13H2. The third-order valence-electron chi connectivity index (χ3n) is 4.83. The highest BCUT2D eigenvalue weighted by Gasteiger charge is 2.28. The first kappa shape index (κ1) is 17.5. The number of benzene rings is 1. The van der Waals surface area contributed by atoms with Gasteiger partial charge in [-0.05, 0) is 30.3 Å². The Kier molecular flexibility index (Phi) is 4.81. The lowest BCUT2D eigenvalue weighted by atomic mass is 10.1. The molecule has 0 spiro atoms. The average Bonchev–Trinajstić information content (AvgIpc) is 2.71. The fourth-order valence-electron chi connectivity index (χ4n) is 3.39. The van der Waals surface area contributed by atoms with Gasteiger partial charge in [0.25, 0.3) is 10.9 Å². The van der Waals surface area contributed by atoms with Crippen molar-refractivity contribution >= 4 is 28.7 Å². The van der Waals surface area contributed by atoms with Gasteiger partial charge in [-0.3, -0.25) is 14.6 Å². The number of nitrogens with zero attached hydrogens (tertiary/aromatic N) is 3. The van der Waals surface area contributed by atoms with Gasteiger partial charge in [0, 0.05) is 43.1 Å². The number of pyridine rings is 1. The minimum Gasteiger partial charge on any atom is -0.374 e. The Labute approximate surface area is 161 Å². The van der Waals surface area contributed by atoms with E-state index >= 15 is 0 Å². The van der Waals surface area contributed by atoms with Crippen molar-refractivity contribution in [2.45, 2.75) is 6.54 Å². The zero-order valence-electron chi connectivity index (χ0n) is 14.7. The minimum atomic E-state index is -0.446. The lowest BCUT2D eigenvalue weighted by Gasteiger charge is -2.38. The molecular weight excluding hydrogens is 364 g/mol. The molecule has 0 saturated carbocycles. The third kappa shape index (κ3) is 3.53. The topological polar surface area (TPSA) is 65.5 Å². The molecule has 0 aliphatic carbocycles. The zero-order valence-corrected chi connectivity index (χ0v) is 15.4. The first-order chi connectivity index (χ1) is 13.1. The van der Waals surface area contributed by atoms with Gasteiger partial charge in [0.15, 0.2) is 0 Å². The normalized spacial score (nSPS) is 14.6. The van der Waals surface area contributed by atoms with E-state index in [4.69, 9.17) is 11.6 Å². The molecule has 27 heavy (non-hydrogen) atoms. The van der Waals surface area contributed by atoms with Gasteiger partial charge < -0.3 is 15.1 Å². The van der Waals surface area contributed by atoms with E-state index in [9.17, 15) is 9.59 Å². The van der Waals surface area contributed by atoms with Gasteiger partial charge in [0.1, 0.15) is 11.4 Å². The lowest BCUT2D eigenvalue weighted by Crippen LogP contribution is -2.51. The van der Waals surface area contributed by atoms with Crippen molar-refractivity contribution in [3.63, 3.8) is 0 Å². The van der Waals surface area contributed by atoms with Gasteiger partial charge in [-0.2, -0.15) is 0 Å². The average molecular weight is 383 g/mol. The van der Waals surface area contributed by atoms with Gasteiger partial charge in [0.05, 0.1) is 12.2 Å². The maximum absolute atomic E-state index is 12.1. The summed E-state index contributed by atoms with van der Waals surface area (Å²) < 4.78 is 0. The van der Waals surface area contributed by atoms with Crippen molar-refractivity contribution in [2.24, 2.45) is 0 Å². The second-order valence-corrected chi connectivity index (χ2v) is 6.95. The molecule has 1 fully saturated rings. The first-order valence-electron chi connectivity index (χ1n) is 8.86. The Balaban J connectivity index is 1.44. The number of piperazine rings is 1. The molecule has 1 N–H and O–H groups in total. The molecule has 0 amide bonds. The molecule has 3 aromatic rings. The molecule has 1 aliphatic rings. The van der Waals surface area contributed by atoms with E-state index in [0.717, 1.165) is 24.5 Å². The van der Waals surface area contributed by atoms with Crippen LogP contribution in [0.4, 0.5) is 17.1 Å². The highest BCUT2D eigenvalue weighted by atomic mass is 35.5. The summed E-state index contributed by atoms with van der Waals surface area (Å²) in [7, 11) is 0. The van der Waals surface area contributed by atoms with E-state index in [1.807, 2.05) is 47.4 Å². The van der Waals surface area contributed by atoms with Crippen LogP contribution in [0, 0.1) is 0 Å². The molecule has 2 aromatic carbocycles. The van der Waals surface area contributed by atoms with Crippen molar-refractivity contribution < 1.29 is 0 Å². The molecule has 1 aliphatic heterocycles. The van der Waals surface area contributed by atoms with Crippen molar-refractivity contribution in [2.75, 3.05) is 41.3 Å². The van der Waals surface area contributed by atoms with Gasteiger partial charge in [-0.1, -0.05) is 23.7 Å². The van der Waals surface area contributed by atoms with E-state index in [-0.39, 0.29) is 0 Å². The molecule has 2 heterocycles. The summed E-state index contributed by atoms with van der Waals surface area (Å²) in [6.45, 7) is 3.30. The highest BCUT2D eigenvalue weighted by molar-refractivity contribution is 6.30. The lowest BCUT2D eigenvalue weighted by molar-refractivity contribution is 0.650. The van der Waals surface area contributed by atoms with Crippen LogP contribution in [0.2, 0.25) is 5.02 Å². The van der Waals surface area contributed by atoms with E-state index < -0.39 is 10.9 Å². The molecule has 1 saturated heterocycles. The summed E-state index contributed by atoms with van der Waals surface area (Å²) in [5.41, 5.74) is 1.94. The maximum Gasteiger partial charge on any atom is 0.253 e. The van der Waals surface area contributed by atoms with Crippen LogP contribution in [0.25, 0.3) is 0 Å². The van der Waals surface area contributed by atoms with Crippen LogP contribution in [-0.4, -0.2) is 31.2 Å². The molecule has 7 heteroatoms. The summed E-state index contributed by atoms with van der Waals surface area (Å²) in [6, 6.07) is 13.4. The van der Waals surface area contributed by atoms with Gasteiger partial charge >= 0.3 is 0 Å². The monoisotopic (exact) mass is 382 g/mol. The minimum absolute atomic E-state index is 0.404. The Hall–Kier alpha value is -2.86. The predicted molar refractivity (Wildman–Crippen MR) is 109 cm³/mol. The number of halogens is 1. The van der Waals surface area contributed by atoms with E-state index in [2.05, 4.69) is 15.2 Å². The molecule has 0 bridgehead atoms. The second-order valence-electron chi connectivity index (χ2n) is 6.51. The molecule has 0 radical (unpaired) electrons. The Morgan fingerprint density at radius 2 is 1.74 bits per heavy atom. The zero-order chi connectivity index (χ0) is 18.8. The first-order valence-corrected chi connectivity index (χ1v) is 9.24. The van der Waals surface area contributed by atoms with Crippen LogP contribution < -0.4 is 26.0 Å². The van der Waals surface area contributed by atoms with Crippen LogP contribution in [0.5, 0.6) is 0 Å². The summed E-state index contributed by atoms with van der Waals surface area (Å²) in [5, 5.41) is 3.79. The fourth-order valence-corrected chi connectivity index (χ4v) is 3.57. The van der Waals surface area contributed by atoms with Gasteiger partial charge in [0.2, 0.25) is 0 Å². The van der Waals surface area contributed by atoms with Crippen LogP contribution in [0.1, 0.15) is 5.69 Å². The van der Waals surface area contributed by atoms with Crippen molar-refractivity contribution in [3.8, 4) is 0 Å². The number of anilines is 3. The predicted octanol–water partition coefficient (Wildman–Crippen LogP) is 2.27. The second kappa shape index (κ2) is 7.40. The Bertz CT molecular complexity index is 1010. The van der Waals surface area contributed by atoms with E-state index in [0.29, 0.717) is 36.0 Å². The number of rotatable bonds is 5. The smallest absolute Gasteiger partial charge is 0.253 e. The van der Waals surface area contributed by atoms with Gasteiger partial charge in [-0.25, -0.2) is 0 Å². The molecule has 0 atom stereocenters. The molecule has 138 valence electrons. The molecule has 0 unspecified atom stereocenters. The van der Waals surface area contributed by atoms with Crippen molar-refractivity contribution in [1.29, 1.82) is 0 Å². The number of aromatic nitrogens is 1. The van der Waals surface area contributed by atoms with Crippen LogP contribution in [0.3, 0.4) is 0 Å². The molecule has 1 aromatic heterocycles. The summed E-state index contributed by atoms with van der Waals surface area (Å²) in [4.78, 5) is 32.6. The van der Waals surface area contributed by atoms with Crippen molar-refractivity contribution in [3.05, 3.63) is 79.8 Å². The number of nitrogens with one attached hydrogen (secondary N) is 1.